The number of hydrogen-bond acceptors (Lipinski definition) is 3. The van der Waals surface area contributed by atoms with Crippen molar-refractivity contribution >= 4 is 5.96 Å². The normalized spacial score (nSPS) is 18.5. The first-order valence-corrected chi connectivity index (χ1v) is 9.79. The van der Waals surface area contributed by atoms with Crippen molar-refractivity contribution in [2.45, 2.75) is 45.6 Å². The molecule has 5 nitrogen and oxygen atoms in total. The van der Waals surface area contributed by atoms with E-state index >= 15 is 0 Å². The van der Waals surface area contributed by atoms with Gasteiger partial charge in [-0.1, -0.05) is 39.8 Å². The minimum Gasteiger partial charge on any atom is -0.497 e. The van der Waals surface area contributed by atoms with E-state index in [2.05, 4.69) is 66.0 Å². The summed E-state index contributed by atoms with van der Waals surface area (Å²) < 4.78 is 5.38. The zero-order valence-electron chi connectivity index (χ0n) is 17.4. The Kier molecular flexibility index (Phi) is 7.33. The molecule has 1 aromatic rings. The molecule has 1 fully saturated rings. The van der Waals surface area contributed by atoms with Gasteiger partial charge in [-0.2, -0.15) is 0 Å². The molecule has 1 aliphatic heterocycles. The standard InChI is InChI=1S/C21H36N4O/c1-7-24(8-2)18-12-13-25(15-18)20(22-5)23-16-21(3,4)17-10-9-11-19(14-17)26-6/h9-11,14,18H,7-8,12-13,15-16H2,1-6H3,(H,22,23). The number of ether oxygens (including phenoxy) is 1. The van der Waals surface area contributed by atoms with Crippen LogP contribution in [0, 0.1) is 0 Å². The first-order valence-electron chi connectivity index (χ1n) is 9.79. The predicted octanol–water partition coefficient (Wildman–Crippen LogP) is 2.96. The van der Waals surface area contributed by atoms with Crippen molar-refractivity contribution in [3.63, 3.8) is 0 Å². The fraction of sp³-hybridized carbons (Fsp3) is 0.667. The van der Waals surface area contributed by atoms with Crippen molar-refractivity contribution in [3.05, 3.63) is 29.8 Å². The van der Waals surface area contributed by atoms with Crippen molar-refractivity contribution in [2.75, 3.05) is 46.9 Å². The largest absolute Gasteiger partial charge is 0.497 e. The van der Waals surface area contributed by atoms with E-state index < -0.39 is 0 Å². The molecule has 0 bridgehead atoms. The number of hydrogen-bond donors (Lipinski definition) is 1. The second-order valence-electron chi connectivity index (χ2n) is 7.63. The maximum Gasteiger partial charge on any atom is 0.193 e. The van der Waals surface area contributed by atoms with Crippen LogP contribution in [0.4, 0.5) is 0 Å². The van der Waals surface area contributed by atoms with Crippen molar-refractivity contribution < 1.29 is 4.74 Å². The van der Waals surface area contributed by atoms with E-state index in [0.717, 1.165) is 44.4 Å². The lowest BCUT2D eigenvalue weighted by Crippen LogP contribution is -2.46. The van der Waals surface area contributed by atoms with Gasteiger partial charge in [-0.15, -0.1) is 0 Å². The van der Waals surface area contributed by atoms with Crippen LogP contribution in [0.5, 0.6) is 5.75 Å². The minimum absolute atomic E-state index is 0.0114. The Bertz CT molecular complexity index is 595. The van der Waals surface area contributed by atoms with Crippen LogP contribution >= 0.6 is 0 Å². The number of likely N-dealkylation sites (N-methyl/N-ethyl adjacent to an activating group) is 1. The number of nitrogens with one attached hydrogen (secondary N) is 1. The van der Waals surface area contributed by atoms with Gasteiger partial charge in [-0.25, -0.2) is 0 Å². The first kappa shape index (κ1) is 20.6. The summed E-state index contributed by atoms with van der Waals surface area (Å²) >= 11 is 0. The maximum atomic E-state index is 5.38. The van der Waals surface area contributed by atoms with Gasteiger partial charge in [-0.05, 0) is 37.2 Å². The van der Waals surface area contributed by atoms with Crippen molar-refractivity contribution in [1.82, 2.24) is 15.1 Å². The van der Waals surface area contributed by atoms with E-state index in [1.165, 1.54) is 12.0 Å². The fourth-order valence-corrected chi connectivity index (χ4v) is 3.75. The summed E-state index contributed by atoms with van der Waals surface area (Å²) in [7, 11) is 3.59. The van der Waals surface area contributed by atoms with Gasteiger partial charge in [0.15, 0.2) is 5.96 Å². The Morgan fingerprint density at radius 1 is 1.35 bits per heavy atom. The molecule has 1 heterocycles. The van der Waals surface area contributed by atoms with Crippen molar-refractivity contribution in [1.29, 1.82) is 0 Å². The van der Waals surface area contributed by atoms with Crippen LogP contribution in [-0.4, -0.2) is 68.7 Å². The Morgan fingerprint density at radius 2 is 2.08 bits per heavy atom. The Balaban J connectivity index is 1.98. The second-order valence-corrected chi connectivity index (χ2v) is 7.63. The molecule has 1 N–H and O–H groups in total. The highest BCUT2D eigenvalue weighted by Crippen LogP contribution is 2.26. The van der Waals surface area contributed by atoms with Crippen LogP contribution < -0.4 is 10.1 Å². The first-order chi connectivity index (χ1) is 12.4. The number of rotatable bonds is 7. The lowest BCUT2D eigenvalue weighted by Gasteiger charge is -2.30. The third-order valence-corrected chi connectivity index (χ3v) is 5.54. The Labute approximate surface area is 159 Å². The van der Waals surface area contributed by atoms with Crippen LogP contribution in [0.15, 0.2) is 29.3 Å². The predicted molar refractivity (Wildman–Crippen MR) is 110 cm³/mol. The number of aliphatic imine (C=N–C) groups is 1. The molecular formula is C21H36N4O. The summed E-state index contributed by atoms with van der Waals surface area (Å²) in [4.78, 5) is 9.48. The third kappa shape index (κ3) is 4.91. The quantitative estimate of drug-likeness (QED) is 0.599. The molecule has 1 unspecified atom stereocenters. The van der Waals surface area contributed by atoms with Crippen LogP contribution in [0.1, 0.15) is 39.7 Å². The molecule has 0 aromatic heterocycles. The molecule has 5 heteroatoms. The number of methoxy groups -OCH3 is 1. The summed E-state index contributed by atoms with van der Waals surface area (Å²) in [5, 5.41) is 3.60. The van der Waals surface area contributed by atoms with Crippen LogP contribution in [-0.2, 0) is 5.41 Å². The molecule has 1 atom stereocenters. The monoisotopic (exact) mass is 360 g/mol. The van der Waals surface area contributed by atoms with Gasteiger partial charge < -0.3 is 15.0 Å². The van der Waals surface area contributed by atoms with E-state index in [-0.39, 0.29) is 5.41 Å². The van der Waals surface area contributed by atoms with Gasteiger partial charge in [0.2, 0.25) is 0 Å². The van der Waals surface area contributed by atoms with Gasteiger partial charge >= 0.3 is 0 Å². The van der Waals surface area contributed by atoms with Gasteiger partial charge in [0, 0.05) is 38.1 Å². The molecule has 0 radical (unpaired) electrons. The molecule has 1 saturated heterocycles. The molecule has 0 aliphatic carbocycles. The molecule has 1 aliphatic rings. The molecule has 2 rings (SSSR count). The number of benzene rings is 1. The Hall–Kier alpha value is -1.75. The molecule has 0 spiro atoms. The molecule has 146 valence electrons. The number of likely N-dealkylation sites (tertiary alicyclic amines) is 1. The summed E-state index contributed by atoms with van der Waals surface area (Å²) in [5.74, 6) is 1.91. The van der Waals surface area contributed by atoms with Gasteiger partial charge in [-0.3, -0.25) is 9.89 Å². The Morgan fingerprint density at radius 3 is 2.69 bits per heavy atom. The minimum atomic E-state index is -0.0114. The maximum absolute atomic E-state index is 5.38. The second kappa shape index (κ2) is 9.26. The molecule has 0 saturated carbocycles. The van der Waals surface area contributed by atoms with E-state index in [1.807, 2.05) is 13.1 Å². The summed E-state index contributed by atoms with van der Waals surface area (Å²) in [6.07, 6.45) is 1.21. The SMILES string of the molecule is CCN(CC)C1CCN(C(=NC)NCC(C)(C)c2cccc(OC)c2)C1. The smallest absolute Gasteiger partial charge is 0.193 e. The van der Waals surface area contributed by atoms with Crippen LogP contribution in [0.3, 0.4) is 0 Å². The van der Waals surface area contributed by atoms with Crippen LogP contribution in [0.25, 0.3) is 0 Å². The van der Waals surface area contributed by atoms with Crippen LogP contribution in [0.2, 0.25) is 0 Å². The van der Waals surface area contributed by atoms with Gasteiger partial charge in [0.1, 0.15) is 5.75 Å². The summed E-state index contributed by atoms with van der Waals surface area (Å²) in [5.41, 5.74) is 1.25. The van der Waals surface area contributed by atoms with Crippen molar-refractivity contribution in [3.8, 4) is 5.75 Å². The summed E-state index contributed by atoms with van der Waals surface area (Å²) in [6, 6.07) is 8.97. The molecule has 1 aromatic carbocycles. The van der Waals surface area contributed by atoms with Gasteiger partial charge in [0.05, 0.1) is 7.11 Å². The van der Waals surface area contributed by atoms with E-state index in [0.29, 0.717) is 6.04 Å². The zero-order valence-corrected chi connectivity index (χ0v) is 17.4. The van der Waals surface area contributed by atoms with E-state index in [1.54, 1.807) is 7.11 Å². The fourth-order valence-electron chi connectivity index (χ4n) is 3.75. The zero-order chi connectivity index (χ0) is 19.2. The highest BCUT2D eigenvalue weighted by molar-refractivity contribution is 5.80. The van der Waals surface area contributed by atoms with Crippen molar-refractivity contribution in [2.24, 2.45) is 4.99 Å². The number of nitrogens with zero attached hydrogens (tertiary/aromatic N) is 3. The van der Waals surface area contributed by atoms with E-state index in [4.69, 9.17) is 4.74 Å². The lowest BCUT2D eigenvalue weighted by molar-refractivity contribution is 0.223. The molecular weight excluding hydrogens is 324 g/mol. The lowest BCUT2D eigenvalue weighted by atomic mass is 9.84. The van der Waals surface area contributed by atoms with E-state index in [9.17, 15) is 0 Å². The molecule has 0 amide bonds. The highest BCUT2D eigenvalue weighted by Gasteiger charge is 2.29. The number of guanidine groups is 1. The highest BCUT2D eigenvalue weighted by atomic mass is 16.5. The third-order valence-electron chi connectivity index (χ3n) is 5.54. The van der Waals surface area contributed by atoms with Gasteiger partial charge in [0.25, 0.3) is 0 Å². The average molecular weight is 361 g/mol. The topological polar surface area (TPSA) is 40.1 Å². The average Bonchev–Trinajstić information content (AvgIpc) is 3.13. The summed E-state index contributed by atoms with van der Waals surface area (Å²) in [6.45, 7) is 14.2. The molecule has 26 heavy (non-hydrogen) atoms.